The van der Waals surface area contributed by atoms with E-state index in [0.29, 0.717) is 45.3 Å². The Hall–Kier alpha value is -6.76. The van der Waals surface area contributed by atoms with Crippen LogP contribution in [0.1, 0.15) is 63.7 Å². The Morgan fingerprint density at radius 3 is 0.579 bits per heavy atom. The van der Waals surface area contributed by atoms with E-state index in [1.54, 1.807) is 125 Å². The van der Waals surface area contributed by atoms with E-state index in [1.807, 2.05) is 97.1 Å². The van der Waals surface area contributed by atoms with E-state index >= 15 is 0 Å². The van der Waals surface area contributed by atoms with Crippen LogP contribution >= 0.6 is 90.4 Å². The van der Waals surface area contributed by atoms with Crippen LogP contribution in [-0.4, -0.2) is 74.7 Å². The van der Waals surface area contributed by atoms with Gasteiger partial charge in [-0.1, -0.05) is 48.5 Å². The summed E-state index contributed by atoms with van der Waals surface area (Å²) in [6.07, 6.45) is 1.50. The Bertz CT molecular complexity index is 2860. The van der Waals surface area contributed by atoms with E-state index < -0.39 is 23.9 Å². The number of ether oxygens (including phenoxy) is 4. The summed E-state index contributed by atoms with van der Waals surface area (Å²) in [5.74, 6) is -0.569. The molecular weight excluding hydrogens is 1420 g/mol. The molecule has 0 N–H and O–H groups in total. The minimum atomic E-state index is -0.489. The van der Waals surface area contributed by atoms with Crippen LogP contribution in [-0.2, 0) is 9.59 Å². The molecule has 0 fully saturated rings. The molecule has 0 unspecified atom stereocenters. The molecular formula is C60H46I4N2O10. The second-order valence-corrected chi connectivity index (χ2v) is 21.6. The molecule has 16 heteroatoms. The van der Waals surface area contributed by atoms with Crippen LogP contribution in [0, 0.1) is 14.3 Å². The minimum Gasteiger partial charge on any atom is -0.423 e. The Morgan fingerprint density at radius 2 is 0.434 bits per heavy atom. The van der Waals surface area contributed by atoms with Gasteiger partial charge in [-0.3, -0.25) is 9.59 Å². The molecule has 8 aromatic carbocycles. The zero-order valence-corrected chi connectivity index (χ0v) is 49.7. The molecule has 0 bridgehead atoms. The second kappa shape index (κ2) is 28.9. The second-order valence-electron chi connectivity index (χ2n) is 16.6. The van der Waals surface area contributed by atoms with Crippen molar-refractivity contribution < 1.29 is 47.7 Å². The quantitative estimate of drug-likeness (QED) is 0.0339. The molecule has 0 aliphatic carbocycles. The van der Waals surface area contributed by atoms with E-state index in [2.05, 4.69) is 90.4 Å². The number of rotatable bonds is 14. The van der Waals surface area contributed by atoms with Crippen LogP contribution in [0.4, 0.5) is 0 Å². The highest BCUT2D eigenvalue weighted by Crippen LogP contribution is 2.39. The van der Waals surface area contributed by atoms with Crippen LogP contribution in [0.15, 0.2) is 194 Å². The van der Waals surface area contributed by atoms with E-state index in [1.165, 1.54) is 9.80 Å². The van der Waals surface area contributed by atoms with Crippen LogP contribution in [0.3, 0.4) is 0 Å². The fourth-order valence-electron chi connectivity index (χ4n) is 6.68. The predicted octanol–water partition coefficient (Wildman–Crippen LogP) is 13.4. The van der Waals surface area contributed by atoms with Gasteiger partial charge in [-0.15, -0.1) is 0 Å². The Balaban J connectivity index is 0.000000858. The molecule has 0 saturated heterocycles. The van der Waals surface area contributed by atoms with Crippen molar-refractivity contribution in [2.45, 2.75) is 0 Å². The SMILES string of the molecule is CN(C)C=O.CN(C)C=O.O=C(Oc1ccc(C(=C(c2ccc(OC(=O)c3ccc(I)cc3)cc2)c2ccc(OC(=O)c3ccc(I)cc3)cc2)c2ccc(OC(=O)c3ccc(I)cc3)cc2)cc1)c1ccc(I)cc1. The van der Waals surface area contributed by atoms with Gasteiger partial charge in [0.15, 0.2) is 0 Å². The summed E-state index contributed by atoms with van der Waals surface area (Å²) in [4.78, 5) is 74.2. The van der Waals surface area contributed by atoms with Crippen molar-refractivity contribution in [2.75, 3.05) is 28.2 Å². The summed E-state index contributed by atoms with van der Waals surface area (Å²) in [5, 5.41) is 0. The maximum Gasteiger partial charge on any atom is 0.343 e. The van der Waals surface area contributed by atoms with E-state index in [4.69, 9.17) is 18.9 Å². The van der Waals surface area contributed by atoms with Gasteiger partial charge in [0.1, 0.15) is 23.0 Å². The zero-order chi connectivity index (χ0) is 54.7. The standard InChI is InChI=1S/C54H32I4O8.2C3H7NO/c55-41-17-1-37(2-18-41)51(59)63-45-25-9-33(10-26-45)49(34-11-27-46(28-12-34)64-52(60)38-3-19-42(56)20-4-38)50(35-13-29-47(30-14-35)65-53(61)39-5-21-43(57)22-6-39)36-15-31-48(32-16-36)66-54(62)40-7-23-44(58)24-8-40;2*1-4(2)3-5/h1-32H;2*3H,1-2H3. The van der Waals surface area contributed by atoms with Crippen molar-refractivity contribution in [2.24, 2.45) is 0 Å². The molecule has 8 aromatic rings. The molecule has 0 aliphatic rings. The molecule has 0 aliphatic heterocycles. The first-order chi connectivity index (χ1) is 36.5. The first-order valence-corrected chi connectivity index (χ1v) is 27.1. The van der Waals surface area contributed by atoms with Crippen molar-refractivity contribution in [3.8, 4) is 23.0 Å². The van der Waals surface area contributed by atoms with Gasteiger partial charge >= 0.3 is 23.9 Å². The molecule has 12 nitrogen and oxygen atoms in total. The molecule has 0 saturated carbocycles. The third-order valence-corrected chi connectivity index (χ3v) is 13.3. The topological polar surface area (TPSA) is 146 Å². The van der Waals surface area contributed by atoms with Crippen molar-refractivity contribution in [1.82, 2.24) is 9.80 Å². The van der Waals surface area contributed by atoms with Gasteiger partial charge in [-0.05, 0) is 269 Å². The van der Waals surface area contributed by atoms with Crippen LogP contribution in [0.2, 0.25) is 0 Å². The van der Waals surface area contributed by atoms with Gasteiger partial charge < -0.3 is 28.7 Å². The Kier molecular flexibility index (Phi) is 22.3. The predicted molar refractivity (Wildman–Crippen MR) is 327 cm³/mol. The van der Waals surface area contributed by atoms with Gasteiger partial charge in [0.25, 0.3) is 0 Å². The summed E-state index contributed by atoms with van der Waals surface area (Å²) in [6, 6.07) is 57.3. The zero-order valence-electron chi connectivity index (χ0n) is 41.1. The molecule has 0 radical (unpaired) electrons. The number of halogens is 4. The fourth-order valence-corrected chi connectivity index (χ4v) is 8.12. The summed E-state index contributed by atoms with van der Waals surface area (Å²) in [7, 11) is 6.75. The molecule has 384 valence electrons. The van der Waals surface area contributed by atoms with Crippen LogP contribution in [0.5, 0.6) is 23.0 Å². The van der Waals surface area contributed by atoms with Gasteiger partial charge in [0.05, 0.1) is 22.3 Å². The third-order valence-electron chi connectivity index (χ3n) is 10.4. The molecule has 0 heterocycles. The minimum absolute atomic E-state index is 0.347. The van der Waals surface area contributed by atoms with Crippen molar-refractivity contribution in [3.63, 3.8) is 0 Å². The van der Waals surface area contributed by atoms with Crippen LogP contribution < -0.4 is 18.9 Å². The highest BCUT2D eigenvalue weighted by molar-refractivity contribution is 14.1. The van der Waals surface area contributed by atoms with Gasteiger partial charge in [0, 0.05) is 42.5 Å². The molecule has 2 amide bonds. The number of carbonyl (C=O) groups is 6. The smallest absolute Gasteiger partial charge is 0.343 e. The first kappa shape index (κ1) is 58.5. The van der Waals surface area contributed by atoms with Crippen LogP contribution in [0.25, 0.3) is 11.1 Å². The summed E-state index contributed by atoms with van der Waals surface area (Å²) >= 11 is 8.72. The largest absolute Gasteiger partial charge is 0.423 e. The Morgan fingerprint density at radius 1 is 0.289 bits per heavy atom. The highest BCUT2D eigenvalue weighted by Gasteiger charge is 2.20. The van der Waals surface area contributed by atoms with E-state index in [0.717, 1.165) is 60.5 Å². The summed E-state index contributed by atoms with van der Waals surface area (Å²) < 4.78 is 27.1. The number of amides is 2. The van der Waals surface area contributed by atoms with Gasteiger partial charge in [-0.25, -0.2) is 19.2 Å². The highest BCUT2D eigenvalue weighted by atomic mass is 127. The van der Waals surface area contributed by atoms with Crippen molar-refractivity contribution in [3.05, 3.63) is 253 Å². The van der Waals surface area contributed by atoms with E-state index in [-0.39, 0.29) is 0 Å². The lowest BCUT2D eigenvalue weighted by molar-refractivity contribution is -0.116. The van der Waals surface area contributed by atoms with Crippen molar-refractivity contribution >= 4 is 138 Å². The lowest BCUT2D eigenvalue weighted by atomic mass is 9.85. The lowest BCUT2D eigenvalue weighted by Crippen LogP contribution is -2.09. The molecule has 76 heavy (non-hydrogen) atoms. The number of esters is 4. The monoisotopic (exact) mass is 1460 g/mol. The first-order valence-electron chi connectivity index (χ1n) is 22.8. The van der Waals surface area contributed by atoms with Crippen molar-refractivity contribution in [1.29, 1.82) is 0 Å². The number of hydrogen-bond acceptors (Lipinski definition) is 10. The molecule has 8 rings (SSSR count). The number of benzene rings is 8. The number of nitrogens with zero attached hydrogens (tertiary/aromatic N) is 2. The Labute approximate surface area is 495 Å². The molecule has 0 spiro atoms. The van der Waals surface area contributed by atoms with Gasteiger partial charge in [-0.2, -0.15) is 0 Å². The maximum atomic E-state index is 13.1. The fraction of sp³-hybridized carbons (Fsp3) is 0.0667. The molecule has 0 aromatic heterocycles. The normalized spacial score (nSPS) is 10.2. The number of carbonyl (C=O) groups excluding carboxylic acids is 6. The summed E-state index contributed by atoms with van der Waals surface area (Å²) in [6.45, 7) is 0. The van der Waals surface area contributed by atoms with Gasteiger partial charge in [0.2, 0.25) is 12.8 Å². The maximum absolute atomic E-state index is 13.1. The average Bonchev–Trinajstić information content (AvgIpc) is 3.43. The van der Waals surface area contributed by atoms with E-state index in [9.17, 15) is 28.8 Å². The third kappa shape index (κ3) is 17.7. The molecule has 0 atom stereocenters. The number of hydrogen-bond donors (Lipinski definition) is 0. The average molecular weight is 1460 g/mol. The summed E-state index contributed by atoms with van der Waals surface area (Å²) in [5.41, 5.74) is 6.23. The lowest BCUT2D eigenvalue weighted by Gasteiger charge is -2.19.